The van der Waals surface area contributed by atoms with Gasteiger partial charge in [0.15, 0.2) is 5.67 Å². The van der Waals surface area contributed by atoms with Crippen LogP contribution in [-0.2, 0) is 30.5 Å². The molecule has 1 unspecified atom stereocenters. The first-order valence-corrected chi connectivity index (χ1v) is 35.1. The van der Waals surface area contributed by atoms with Crippen molar-refractivity contribution in [3.8, 4) is 44.7 Å². The van der Waals surface area contributed by atoms with E-state index in [0.717, 1.165) is 138 Å². The number of nitrogens with zero attached hydrogens (tertiary/aromatic N) is 5. The van der Waals surface area contributed by atoms with E-state index in [-0.39, 0.29) is 56.2 Å². The maximum absolute atomic E-state index is 14.8. The van der Waals surface area contributed by atoms with Gasteiger partial charge < -0.3 is 45.5 Å². The first-order chi connectivity index (χ1) is 45.8. The van der Waals surface area contributed by atoms with Gasteiger partial charge in [0.2, 0.25) is 23.6 Å². The van der Waals surface area contributed by atoms with Gasteiger partial charge in [-0.25, -0.2) is 14.4 Å². The van der Waals surface area contributed by atoms with E-state index < -0.39 is 53.0 Å². The molecule has 4 heterocycles. The van der Waals surface area contributed by atoms with Crippen LogP contribution in [0.25, 0.3) is 43.9 Å². The molecule has 3 aliphatic rings. The lowest BCUT2D eigenvalue weighted by Gasteiger charge is -2.36. The molecule has 4 atom stereocenters. The topological polar surface area (TPSA) is 237 Å². The van der Waals surface area contributed by atoms with Gasteiger partial charge in [0.1, 0.15) is 23.2 Å². The number of unbranched alkanes of at least 4 members (excludes halogenated alkanes) is 9. The second-order valence-electron chi connectivity index (χ2n) is 27.2. The van der Waals surface area contributed by atoms with Crippen LogP contribution in [0.5, 0.6) is 0 Å². The second-order valence-corrected chi connectivity index (χ2v) is 28.1. The van der Waals surface area contributed by atoms with Crippen LogP contribution in [-0.4, -0.2) is 113 Å². The number of aliphatic hydroxyl groups excluding tert-OH is 2. The minimum absolute atomic E-state index is 0.0369. The quantitative estimate of drug-likeness (QED) is 0.0174. The molecule has 7 N–H and O–H groups in total. The molecule has 0 radical (unpaired) electrons. The first kappa shape index (κ1) is 69.5. The molecule has 5 amide bonds. The molecule has 10 rings (SSSR count). The number of fused-ring (bicyclic) bond motifs is 1. The van der Waals surface area contributed by atoms with Gasteiger partial charge in [-0.2, -0.15) is 0 Å². The number of hydrogen-bond donors (Lipinski definition) is 7. The molecule has 0 spiro atoms. The largest absolute Gasteiger partial charge is 0.393 e. The van der Waals surface area contributed by atoms with E-state index in [1.54, 1.807) is 26.3 Å². The minimum atomic E-state index is -2.00. The Bertz CT molecular complexity index is 3900. The Morgan fingerprint density at radius 1 is 0.747 bits per heavy atom. The number of β-amino-alcohol motifs (C(OH)–C–C–N with tert-alkyl or cyclic N) is 1. The summed E-state index contributed by atoms with van der Waals surface area (Å²) in [4.78, 5) is 79.3. The van der Waals surface area contributed by atoms with E-state index in [9.17, 15) is 44.0 Å². The zero-order valence-corrected chi connectivity index (χ0v) is 56.3. The number of aromatic nitrogens is 4. The number of aryl methyl sites for hydroxylation is 1. The molecular formula is C76H93FN10O7S. The second kappa shape index (κ2) is 32.4. The van der Waals surface area contributed by atoms with Gasteiger partial charge in [0.05, 0.1) is 58.2 Å². The highest BCUT2D eigenvalue weighted by Crippen LogP contribution is 2.42. The number of likely N-dealkylation sites (tertiary alicyclic amines) is 1. The van der Waals surface area contributed by atoms with Crippen LogP contribution >= 0.6 is 11.3 Å². The minimum Gasteiger partial charge on any atom is -0.393 e. The Kier molecular flexibility index (Phi) is 23.7. The van der Waals surface area contributed by atoms with Crippen molar-refractivity contribution in [2.45, 2.75) is 205 Å². The van der Waals surface area contributed by atoms with Crippen LogP contribution < -0.4 is 26.8 Å². The summed E-state index contributed by atoms with van der Waals surface area (Å²) in [7, 11) is 0. The Balaban J connectivity index is 0.625. The molecule has 7 aromatic rings. The van der Waals surface area contributed by atoms with Gasteiger partial charge >= 0.3 is 0 Å². The van der Waals surface area contributed by atoms with E-state index >= 15 is 0 Å². The number of nitrogens with one attached hydrogen (secondary N) is 5. The number of rotatable bonds is 29. The van der Waals surface area contributed by atoms with Crippen LogP contribution in [0.1, 0.15) is 184 Å². The highest BCUT2D eigenvalue weighted by Gasteiger charge is 2.53. The van der Waals surface area contributed by atoms with E-state index in [2.05, 4.69) is 79.1 Å². The monoisotopic (exact) mass is 1310 g/mol. The standard InChI is InChI=1S/C76H93FN10O7S/c1-51-68(95-50-82-51)57-34-32-54(33-35-57)61(83-72(92)62-45-60(89)48-85(62)73(93)69(75(2,3)4)84-74(94)76(77)40-41-76)46-64(91)80-43-22-12-8-6-5-7-11-21-42-79-63(90)31-20-10-9-15-24-52-25-23-26-53(44-52)47-86-67(56-29-18-14-19-30-56)65(55-27-16-13-17-28-55)66-70(78)87(49-81-71(66)86)58-36-38-59(88)39-37-58/h13-14,16-19,23,25-30,32-35,44,49-50,58-62,69,78,88-89H,5-12,20-22,31,36-43,45-48H2,1-4H3,(H,79,90)(H,80,91)(H,83,92)(H,84,94)/t58?,59?,60-,61+,62+,69?/m1/s1. The number of alkyl halides is 1. The Morgan fingerprint density at radius 3 is 2.04 bits per heavy atom. The number of hydrogen-bond acceptors (Lipinski definition) is 11. The lowest BCUT2D eigenvalue weighted by atomic mass is 9.85. The molecular weight excluding hydrogens is 1220 g/mol. The van der Waals surface area contributed by atoms with Crippen LogP contribution in [0, 0.1) is 29.6 Å². The van der Waals surface area contributed by atoms with Crippen LogP contribution in [0.2, 0.25) is 0 Å². The van der Waals surface area contributed by atoms with Crippen LogP contribution in [0.15, 0.2) is 121 Å². The lowest BCUT2D eigenvalue weighted by molar-refractivity contribution is -0.145. The van der Waals surface area contributed by atoms with Crippen molar-refractivity contribution in [1.29, 1.82) is 5.41 Å². The lowest BCUT2D eigenvalue weighted by Crippen LogP contribution is -2.59. The summed E-state index contributed by atoms with van der Waals surface area (Å²) >= 11 is 1.52. The van der Waals surface area contributed by atoms with Gasteiger partial charge in [-0.1, -0.05) is 168 Å². The molecule has 19 heteroatoms. The van der Waals surface area contributed by atoms with Gasteiger partial charge in [-0.05, 0) is 116 Å². The predicted molar refractivity (Wildman–Crippen MR) is 370 cm³/mol. The van der Waals surface area contributed by atoms with Crippen molar-refractivity contribution in [2.24, 2.45) is 5.41 Å². The third kappa shape index (κ3) is 18.2. The first-order valence-electron chi connectivity index (χ1n) is 34.2. The fourth-order valence-corrected chi connectivity index (χ4v) is 14.0. The molecule has 95 heavy (non-hydrogen) atoms. The van der Waals surface area contributed by atoms with Crippen molar-refractivity contribution < 1.29 is 38.6 Å². The normalized spacial score (nSPS) is 18.1. The molecule has 1 saturated heterocycles. The molecule has 2 saturated carbocycles. The van der Waals surface area contributed by atoms with Crippen molar-refractivity contribution in [2.75, 3.05) is 19.6 Å². The Labute approximate surface area is 561 Å². The summed E-state index contributed by atoms with van der Waals surface area (Å²) in [5.41, 5.74) is 8.72. The summed E-state index contributed by atoms with van der Waals surface area (Å²) < 4.78 is 19.1. The summed E-state index contributed by atoms with van der Waals surface area (Å²) in [6, 6.07) is 33.7. The number of carbonyl (C=O) groups is 5. The Morgan fingerprint density at radius 2 is 1.40 bits per heavy atom. The maximum atomic E-state index is 14.8. The van der Waals surface area contributed by atoms with E-state index in [4.69, 9.17) is 4.98 Å². The third-order valence-corrected chi connectivity index (χ3v) is 19.8. The average Bonchev–Trinajstić information content (AvgIpc) is 1.58. The highest BCUT2D eigenvalue weighted by atomic mass is 32.1. The number of carbonyl (C=O) groups excluding carboxylic acids is 5. The smallest absolute Gasteiger partial charge is 0.258 e. The summed E-state index contributed by atoms with van der Waals surface area (Å²) in [5, 5.41) is 43.4. The van der Waals surface area contributed by atoms with Crippen LogP contribution in [0.4, 0.5) is 4.39 Å². The molecule has 1 aliphatic heterocycles. The zero-order valence-electron chi connectivity index (χ0n) is 55.4. The molecule has 17 nitrogen and oxygen atoms in total. The number of halogens is 1. The molecule has 3 aromatic heterocycles. The van der Waals surface area contributed by atoms with Gasteiger partial charge in [-0.3, -0.25) is 29.4 Å². The Hall–Kier alpha value is -8.31. The molecule has 3 fully saturated rings. The maximum Gasteiger partial charge on any atom is 0.258 e. The van der Waals surface area contributed by atoms with Crippen molar-refractivity contribution in [3.63, 3.8) is 0 Å². The van der Waals surface area contributed by atoms with Crippen molar-refractivity contribution >= 4 is 51.9 Å². The van der Waals surface area contributed by atoms with Gasteiger partial charge in [0.25, 0.3) is 5.91 Å². The molecule has 502 valence electrons. The van der Waals surface area contributed by atoms with E-state index in [1.165, 1.54) is 16.2 Å². The van der Waals surface area contributed by atoms with E-state index in [0.29, 0.717) is 56.4 Å². The summed E-state index contributed by atoms with van der Waals surface area (Å²) in [6.07, 6.45) is 14.4. The van der Waals surface area contributed by atoms with Gasteiger partial charge in [0, 0.05) is 62.6 Å². The molecule has 0 bridgehead atoms. The van der Waals surface area contributed by atoms with Crippen molar-refractivity contribution in [1.82, 2.24) is 45.3 Å². The fraction of sp³-hybridized carbons (Fsp3) is 0.474. The summed E-state index contributed by atoms with van der Waals surface area (Å²) in [6.45, 7) is 8.73. The third-order valence-electron chi connectivity index (χ3n) is 18.8. The van der Waals surface area contributed by atoms with Crippen LogP contribution in [0.3, 0.4) is 0 Å². The predicted octanol–water partition coefficient (Wildman–Crippen LogP) is 12.1. The fourth-order valence-electron chi connectivity index (χ4n) is 13.2. The highest BCUT2D eigenvalue weighted by molar-refractivity contribution is 7.13. The number of thiazole rings is 1. The average molecular weight is 1310 g/mol. The number of aliphatic hydroxyl groups is 2. The van der Waals surface area contributed by atoms with Gasteiger partial charge in [-0.15, -0.1) is 11.3 Å². The molecule has 4 aromatic carbocycles. The zero-order chi connectivity index (χ0) is 67.1. The number of amides is 5. The molecule has 2 aliphatic carbocycles. The van der Waals surface area contributed by atoms with E-state index in [1.807, 2.05) is 90.6 Å². The number of benzene rings is 4. The SMILES string of the molecule is Cc1ncsc1-c1ccc([C@H](CC(=O)NCCCCCCCCCCNC(=O)CCCCC#Cc2cccc(Cn3c(-c4ccccc4)c(-c4ccccc4)c4c(=N)n(C5CCC(O)CC5)cnc43)c2)NC(=O)[C@@H]2C[C@@H](O)CN2C(=O)C(NC(=O)C2(F)CC2)C(C)(C)C)cc1. The van der Waals surface area contributed by atoms with Crippen molar-refractivity contribution in [3.05, 3.63) is 149 Å². The summed E-state index contributed by atoms with van der Waals surface area (Å²) in [5.74, 6) is 4.57.